The number of para-hydroxylation sites is 2. The molecule has 0 saturated heterocycles. The van der Waals surface area contributed by atoms with Crippen LogP contribution in [0, 0.1) is 0 Å². The van der Waals surface area contributed by atoms with Crippen LogP contribution >= 0.6 is 0 Å². The highest BCUT2D eigenvalue weighted by molar-refractivity contribution is 6.21. The third kappa shape index (κ3) is 4.77. The average molecular weight is 643 g/mol. The Bertz CT molecular complexity index is 2780. The van der Waals surface area contributed by atoms with Crippen molar-refractivity contribution in [3.8, 4) is 44.8 Å². The molecule has 0 N–H and O–H groups in total. The van der Waals surface area contributed by atoms with Crippen LogP contribution < -0.4 is 11.2 Å². The van der Waals surface area contributed by atoms with Crippen molar-refractivity contribution in [1.29, 1.82) is 0 Å². The zero-order valence-electron chi connectivity index (χ0n) is 27.0. The molecule has 0 aliphatic heterocycles. The summed E-state index contributed by atoms with van der Waals surface area (Å²) in [6, 6.07) is 61.0. The summed E-state index contributed by atoms with van der Waals surface area (Å²) in [6.45, 7) is 0. The number of aromatic nitrogens is 2. The van der Waals surface area contributed by atoms with Crippen molar-refractivity contribution in [3.05, 3.63) is 203 Å². The second-order valence-corrected chi connectivity index (χ2v) is 12.4. The van der Waals surface area contributed by atoms with E-state index < -0.39 is 5.69 Å². The van der Waals surface area contributed by atoms with Crippen LogP contribution in [-0.2, 0) is 0 Å². The van der Waals surface area contributed by atoms with E-state index in [1.165, 1.54) is 37.6 Å². The van der Waals surface area contributed by atoms with Gasteiger partial charge in [-0.05, 0) is 97.4 Å². The topological polar surface area (TPSA) is 44.0 Å². The molecule has 1 aromatic heterocycles. The average Bonchev–Trinajstić information content (AvgIpc) is 3.18. The summed E-state index contributed by atoms with van der Waals surface area (Å²) in [5.74, 6) is 0. The van der Waals surface area contributed by atoms with Gasteiger partial charge in [0, 0.05) is 0 Å². The molecule has 0 radical (unpaired) electrons. The van der Waals surface area contributed by atoms with Crippen LogP contribution in [0.15, 0.2) is 192 Å². The van der Waals surface area contributed by atoms with E-state index in [0.717, 1.165) is 21.9 Å². The van der Waals surface area contributed by atoms with Crippen molar-refractivity contribution in [2.75, 3.05) is 0 Å². The maximum atomic E-state index is 14.1. The van der Waals surface area contributed by atoms with Gasteiger partial charge in [0.2, 0.25) is 0 Å². The molecule has 0 bridgehead atoms. The zero-order chi connectivity index (χ0) is 33.6. The molecule has 8 aromatic carbocycles. The van der Waals surface area contributed by atoms with Crippen LogP contribution in [0.5, 0.6) is 0 Å². The number of benzene rings is 8. The fourth-order valence-electron chi connectivity index (χ4n) is 7.33. The molecule has 1 heterocycles. The quantitative estimate of drug-likeness (QED) is 0.175. The Morgan fingerprint density at radius 1 is 0.320 bits per heavy atom. The molecule has 0 aliphatic rings. The molecule has 0 amide bonds. The van der Waals surface area contributed by atoms with Gasteiger partial charge in [-0.2, -0.15) is 0 Å². The van der Waals surface area contributed by atoms with Gasteiger partial charge in [0.1, 0.15) is 0 Å². The molecular formula is C46H30N2O2. The monoisotopic (exact) mass is 642 g/mol. The summed E-state index contributed by atoms with van der Waals surface area (Å²) in [5.41, 5.74) is 7.95. The van der Waals surface area contributed by atoms with Gasteiger partial charge in [-0.1, -0.05) is 140 Å². The van der Waals surface area contributed by atoms with Crippen LogP contribution in [-0.4, -0.2) is 9.13 Å². The molecule has 9 aromatic rings. The second-order valence-electron chi connectivity index (χ2n) is 12.4. The van der Waals surface area contributed by atoms with Crippen LogP contribution in [0.4, 0.5) is 0 Å². The standard InChI is InChI=1S/C46H30N2O2/c49-45-41-24-11-12-25-42(41)47(46(50)48(45)35-18-5-2-6-19-35)36-28-26-32(27-29-36)43-37-20-7-9-22-39(37)44(40-23-10-8-21-38(40)43)34-17-13-16-33(30-34)31-14-3-1-4-15-31/h1-30H. The highest BCUT2D eigenvalue weighted by Gasteiger charge is 2.19. The SMILES string of the molecule is O=c1c2ccccc2n(-c2ccc(-c3c4ccccc4c(-c4cccc(-c5ccccc5)c4)c4ccccc34)cc2)c(=O)n1-c1ccccc1. The predicted octanol–water partition coefficient (Wildman–Crippen LogP) is 10.4. The summed E-state index contributed by atoms with van der Waals surface area (Å²) in [6.07, 6.45) is 0. The Kier molecular flexibility index (Phi) is 7.07. The minimum Gasteiger partial charge on any atom is -0.268 e. The van der Waals surface area contributed by atoms with Gasteiger partial charge < -0.3 is 0 Å². The largest absolute Gasteiger partial charge is 0.340 e. The molecule has 0 aliphatic carbocycles. The fraction of sp³-hybridized carbons (Fsp3) is 0. The van der Waals surface area contributed by atoms with Crippen molar-refractivity contribution >= 4 is 32.4 Å². The molecule has 0 spiro atoms. The van der Waals surface area contributed by atoms with Crippen LogP contribution in [0.2, 0.25) is 0 Å². The van der Waals surface area contributed by atoms with E-state index in [9.17, 15) is 9.59 Å². The van der Waals surface area contributed by atoms with E-state index in [1.807, 2.05) is 54.6 Å². The fourth-order valence-corrected chi connectivity index (χ4v) is 7.33. The smallest absolute Gasteiger partial charge is 0.268 e. The molecule has 0 fully saturated rings. The van der Waals surface area contributed by atoms with Gasteiger partial charge >= 0.3 is 5.69 Å². The number of fused-ring (bicyclic) bond motifs is 3. The molecular weight excluding hydrogens is 613 g/mol. The van der Waals surface area contributed by atoms with Crippen molar-refractivity contribution in [2.24, 2.45) is 0 Å². The van der Waals surface area contributed by atoms with E-state index in [4.69, 9.17) is 0 Å². The lowest BCUT2D eigenvalue weighted by Crippen LogP contribution is -2.38. The normalized spacial score (nSPS) is 11.4. The van der Waals surface area contributed by atoms with E-state index in [2.05, 4.69) is 109 Å². The Labute approximate surface area is 288 Å². The Morgan fingerprint density at radius 2 is 0.780 bits per heavy atom. The van der Waals surface area contributed by atoms with Gasteiger partial charge in [0.25, 0.3) is 5.56 Å². The number of hydrogen-bond donors (Lipinski definition) is 0. The molecule has 236 valence electrons. The first-order valence-corrected chi connectivity index (χ1v) is 16.7. The highest BCUT2D eigenvalue weighted by Crippen LogP contribution is 2.44. The first-order valence-electron chi connectivity index (χ1n) is 16.7. The van der Waals surface area contributed by atoms with Gasteiger partial charge in [-0.3, -0.25) is 9.36 Å². The zero-order valence-corrected chi connectivity index (χ0v) is 27.0. The summed E-state index contributed by atoms with van der Waals surface area (Å²) in [7, 11) is 0. The van der Waals surface area contributed by atoms with Crippen molar-refractivity contribution in [2.45, 2.75) is 0 Å². The molecule has 0 unspecified atom stereocenters. The first kappa shape index (κ1) is 29.4. The number of rotatable bonds is 5. The Hall–Kier alpha value is -6.78. The van der Waals surface area contributed by atoms with Crippen molar-refractivity contribution < 1.29 is 0 Å². The Balaban J connectivity index is 1.25. The number of nitrogens with zero attached hydrogens (tertiary/aromatic N) is 2. The molecule has 4 nitrogen and oxygen atoms in total. The van der Waals surface area contributed by atoms with E-state index in [1.54, 1.807) is 22.8 Å². The highest BCUT2D eigenvalue weighted by atomic mass is 16.2. The molecule has 50 heavy (non-hydrogen) atoms. The van der Waals surface area contributed by atoms with Gasteiger partial charge in [-0.25, -0.2) is 9.36 Å². The number of hydrogen-bond acceptors (Lipinski definition) is 2. The minimum atomic E-state index is -0.411. The van der Waals surface area contributed by atoms with Gasteiger partial charge in [0.05, 0.1) is 22.3 Å². The van der Waals surface area contributed by atoms with E-state index in [-0.39, 0.29) is 5.56 Å². The molecule has 4 heteroatoms. The summed E-state index contributed by atoms with van der Waals surface area (Å²) >= 11 is 0. The second kappa shape index (κ2) is 12.0. The van der Waals surface area contributed by atoms with Crippen LogP contribution in [0.25, 0.3) is 77.2 Å². The maximum Gasteiger partial charge on any atom is 0.340 e. The third-order valence-corrected chi connectivity index (χ3v) is 9.58. The molecule has 0 atom stereocenters. The summed E-state index contributed by atoms with van der Waals surface area (Å²) < 4.78 is 2.88. The molecule has 0 saturated carbocycles. The summed E-state index contributed by atoms with van der Waals surface area (Å²) in [5, 5.41) is 5.13. The lowest BCUT2D eigenvalue weighted by molar-refractivity contribution is 0.835. The lowest BCUT2D eigenvalue weighted by Gasteiger charge is -2.19. The predicted molar refractivity (Wildman–Crippen MR) is 206 cm³/mol. The van der Waals surface area contributed by atoms with E-state index >= 15 is 0 Å². The first-order chi connectivity index (χ1) is 24.7. The van der Waals surface area contributed by atoms with E-state index in [0.29, 0.717) is 22.3 Å². The lowest BCUT2D eigenvalue weighted by atomic mass is 9.85. The van der Waals surface area contributed by atoms with Crippen LogP contribution in [0.1, 0.15) is 0 Å². The van der Waals surface area contributed by atoms with Crippen LogP contribution in [0.3, 0.4) is 0 Å². The Morgan fingerprint density at radius 3 is 1.40 bits per heavy atom. The summed E-state index contributed by atoms with van der Waals surface area (Å²) in [4.78, 5) is 27.7. The molecule has 9 rings (SSSR count). The van der Waals surface area contributed by atoms with Gasteiger partial charge in [0.15, 0.2) is 0 Å². The maximum absolute atomic E-state index is 14.1. The van der Waals surface area contributed by atoms with Crippen molar-refractivity contribution in [3.63, 3.8) is 0 Å². The van der Waals surface area contributed by atoms with Gasteiger partial charge in [-0.15, -0.1) is 0 Å². The third-order valence-electron chi connectivity index (χ3n) is 9.58. The minimum absolute atomic E-state index is 0.336. The van der Waals surface area contributed by atoms with Crippen molar-refractivity contribution in [1.82, 2.24) is 9.13 Å².